The highest BCUT2D eigenvalue weighted by Gasteiger charge is 2.23. The van der Waals surface area contributed by atoms with Crippen LogP contribution >= 0.6 is 0 Å². The minimum atomic E-state index is -0.123. The van der Waals surface area contributed by atoms with Crippen molar-refractivity contribution in [2.45, 2.75) is 37.8 Å². The Bertz CT molecular complexity index is 1030. The van der Waals surface area contributed by atoms with Crippen molar-refractivity contribution in [3.63, 3.8) is 0 Å². The third-order valence-electron chi connectivity index (χ3n) is 5.98. The third-order valence-corrected chi connectivity index (χ3v) is 5.98. The van der Waals surface area contributed by atoms with Crippen molar-refractivity contribution in [3.8, 4) is 22.9 Å². The van der Waals surface area contributed by atoms with Crippen LogP contribution in [0.15, 0.2) is 52.9 Å². The molecule has 2 saturated heterocycles. The van der Waals surface area contributed by atoms with Gasteiger partial charge in [-0.05, 0) is 87.3 Å². The number of nitrogens with zero attached hydrogens (tertiary/aromatic N) is 2. The molecule has 0 aliphatic carbocycles. The molecule has 3 aromatic rings. The van der Waals surface area contributed by atoms with E-state index in [0.29, 0.717) is 11.8 Å². The second-order valence-corrected chi connectivity index (χ2v) is 8.34. The van der Waals surface area contributed by atoms with E-state index in [1.165, 1.54) is 0 Å². The van der Waals surface area contributed by atoms with Crippen LogP contribution in [0.5, 0.6) is 0 Å². The van der Waals surface area contributed by atoms with Gasteiger partial charge in [0.05, 0.1) is 12.1 Å². The van der Waals surface area contributed by atoms with Gasteiger partial charge in [-0.3, -0.25) is 9.59 Å². The van der Waals surface area contributed by atoms with Crippen molar-refractivity contribution in [1.82, 2.24) is 20.8 Å². The van der Waals surface area contributed by atoms with Crippen LogP contribution in [-0.4, -0.2) is 47.2 Å². The highest BCUT2D eigenvalue weighted by molar-refractivity contribution is 5.95. The molecule has 2 fully saturated rings. The van der Waals surface area contributed by atoms with Crippen LogP contribution in [0, 0.1) is 0 Å². The fraction of sp³-hybridized carbons (Fsp3) is 0.333. The predicted octanol–water partition coefficient (Wildman–Crippen LogP) is 2.78. The fourth-order valence-electron chi connectivity index (χ4n) is 4.12. The lowest BCUT2D eigenvalue weighted by Crippen LogP contribution is -2.35. The molecule has 0 unspecified atom stereocenters. The van der Waals surface area contributed by atoms with Crippen molar-refractivity contribution in [2.24, 2.45) is 0 Å². The molecule has 0 bridgehead atoms. The number of rotatable bonds is 6. The van der Waals surface area contributed by atoms with Gasteiger partial charge in [-0.25, -0.2) is 0 Å². The Morgan fingerprint density at radius 2 is 1.15 bits per heavy atom. The summed E-state index contributed by atoms with van der Waals surface area (Å²) in [5.41, 5.74) is 2.97. The molecular formula is C24H26N6O3. The van der Waals surface area contributed by atoms with E-state index in [-0.39, 0.29) is 23.9 Å². The predicted molar refractivity (Wildman–Crippen MR) is 124 cm³/mol. The highest BCUT2D eigenvalue weighted by atomic mass is 16.4. The van der Waals surface area contributed by atoms with Crippen molar-refractivity contribution in [2.75, 3.05) is 23.7 Å². The number of hydrogen-bond donors (Lipinski definition) is 4. The van der Waals surface area contributed by atoms with E-state index < -0.39 is 0 Å². The number of aromatic nitrogens is 2. The lowest BCUT2D eigenvalue weighted by molar-refractivity contribution is -0.118. The molecule has 1 aromatic heterocycles. The van der Waals surface area contributed by atoms with Crippen LogP contribution in [0.25, 0.3) is 22.9 Å². The molecule has 3 heterocycles. The maximum absolute atomic E-state index is 12.2. The number of hydrogen-bond acceptors (Lipinski definition) is 7. The first-order chi connectivity index (χ1) is 16.2. The van der Waals surface area contributed by atoms with Crippen LogP contribution in [0.2, 0.25) is 0 Å². The van der Waals surface area contributed by atoms with E-state index in [9.17, 15) is 9.59 Å². The molecule has 0 saturated carbocycles. The number of nitrogens with one attached hydrogen (secondary N) is 4. The summed E-state index contributed by atoms with van der Waals surface area (Å²) in [7, 11) is 0. The molecule has 170 valence electrons. The molecule has 0 radical (unpaired) electrons. The van der Waals surface area contributed by atoms with Crippen LogP contribution in [0.3, 0.4) is 0 Å². The quantitative estimate of drug-likeness (QED) is 0.459. The van der Waals surface area contributed by atoms with Gasteiger partial charge in [0, 0.05) is 22.5 Å². The van der Waals surface area contributed by atoms with Gasteiger partial charge in [-0.1, -0.05) is 0 Å². The van der Waals surface area contributed by atoms with E-state index in [1.54, 1.807) is 0 Å². The standard InChI is InChI=1S/C24H26N6O3/c31-21(19-3-1-13-25-19)27-17-9-5-15(6-10-17)23-29-30-24(33-23)16-7-11-18(12-8-16)28-22(32)20-4-2-14-26-20/h5-12,19-20,25-26H,1-4,13-14H2,(H,27,31)(H,28,32)/t19-,20-/m0/s1. The third kappa shape index (κ3) is 4.94. The van der Waals surface area contributed by atoms with Gasteiger partial charge >= 0.3 is 0 Å². The van der Waals surface area contributed by atoms with Gasteiger partial charge in [0.2, 0.25) is 23.6 Å². The van der Waals surface area contributed by atoms with Gasteiger partial charge in [-0.15, -0.1) is 10.2 Å². The van der Waals surface area contributed by atoms with Crippen molar-refractivity contribution >= 4 is 23.2 Å². The average Bonchev–Trinajstić information content (AvgIpc) is 3.63. The molecule has 2 aliphatic heterocycles. The summed E-state index contributed by atoms with van der Waals surface area (Å²) in [5.74, 6) is 0.758. The SMILES string of the molecule is O=C(Nc1ccc(-c2nnc(-c3ccc(NC(=O)[C@@H]4CCCN4)cc3)o2)cc1)[C@@H]1CCCN1. The maximum atomic E-state index is 12.2. The van der Waals surface area contributed by atoms with E-state index in [4.69, 9.17) is 4.42 Å². The summed E-state index contributed by atoms with van der Waals surface area (Å²) in [6.07, 6.45) is 3.76. The molecule has 33 heavy (non-hydrogen) atoms. The number of carbonyl (C=O) groups is 2. The molecule has 4 N–H and O–H groups in total. The molecule has 0 spiro atoms. The van der Waals surface area contributed by atoms with Crippen LogP contribution in [0.1, 0.15) is 25.7 Å². The topological polar surface area (TPSA) is 121 Å². The summed E-state index contributed by atoms with van der Waals surface area (Å²) < 4.78 is 5.84. The zero-order valence-corrected chi connectivity index (χ0v) is 18.1. The second kappa shape index (κ2) is 9.51. The minimum absolute atomic E-state index is 0.0144. The normalized spacial score (nSPS) is 20.0. The second-order valence-electron chi connectivity index (χ2n) is 8.34. The van der Waals surface area contributed by atoms with E-state index in [0.717, 1.165) is 61.3 Å². The molecule has 5 rings (SSSR count). The van der Waals surface area contributed by atoms with Gasteiger partial charge < -0.3 is 25.7 Å². The molecule has 2 amide bonds. The van der Waals surface area contributed by atoms with Crippen LogP contribution < -0.4 is 21.3 Å². The zero-order valence-electron chi connectivity index (χ0n) is 18.1. The van der Waals surface area contributed by atoms with E-state index in [2.05, 4.69) is 31.5 Å². The molecule has 9 nitrogen and oxygen atoms in total. The maximum Gasteiger partial charge on any atom is 0.248 e. The first-order valence-electron chi connectivity index (χ1n) is 11.3. The Kier molecular flexibility index (Phi) is 6.14. The van der Waals surface area contributed by atoms with Gasteiger partial charge in [-0.2, -0.15) is 0 Å². The first-order valence-corrected chi connectivity index (χ1v) is 11.3. The summed E-state index contributed by atoms with van der Waals surface area (Å²) in [5, 5.41) is 20.5. The summed E-state index contributed by atoms with van der Waals surface area (Å²) in [4.78, 5) is 24.5. The Morgan fingerprint density at radius 3 is 1.52 bits per heavy atom. The smallest absolute Gasteiger partial charge is 0.248 e. The summed E-state index contributed by atoms with van der Waals surface area (Å²) in [6.45, 7) is 1.76. The molecule has 2 aromatic carbocycles. The van der Waals surface area contributed by atoms with Crippen molar-refractivity contribution in [3.05, 3.63) is 48.5 Å². The van der Waals surface area contributed by atoms with E-state index in [1.807, 2.05) is 48.5 Å². The van der Waals surface area contributed by atoms with Crippen LogP contribution in [-0.2, 0) is 9.59 Å². The lowest BCUT2D eigenvalue weighted by Gasteiger charge is -2.11. The van der Waals surface area contributed by atoms with Crippen LogP contribution in [0.4, 0.5) is 11.4 Å². The highest BCUT2D eigenvalue weighted by Crippen LogP contribution is 2.26. The summed E-state index contributed by atoms with van der Waals surface area (Å²) >= 11 is 0. The number of amides is 2. The molecule has 2 aliphatic rings. The Hall–Kier alpha value is -3.56. The Balaban J connectivity index is 1.21. The fourth-order valence-corrected chi connectivity index (χ4v) is 4.12. The molecule has 2 atom stereocenters. The summed E-state index contributed by atoms with van der Waals surface area (Å²) in [6, 6.07) is 14.4. The number of anilines is 2. The van der Waals surface area contributed by atoms with Gasteiger partial charge in [0.15, 0.2) is 0 Å². The Morgan fingerprint density at radius 1 is 0.727 bits per heavy atom. The van der Waals surface area contributed by atoms with Crippen molar-refractivity contribution < 1.29 is 14.0 Å². The Labute approximate surface area is 191 Å². The number of benzene rings is 2. The average molecular weight is 447 g/mol. The lowest BCUT2D eigenvalue weighted by atomic mass is 10.2. The van der Waals surface area contributed by atoms with Gasteiger partial charge in [0.1, 0.15) is 0 Å². The number of carbonyl (C=O) groups excluding carboxylic acids is 2. The van der Waals surface area contributed by atoms with Crippen molar-refractivity contribution in [1.29, 1.82) is 0 Å². The van der Waals surface area contributed by atoms with E-state index >= 15 is 0 Å². The minimum Gasteiger partial charge on any atom is -0.416 e. The largest absolute Gasteiger partial charge is 0.416 e. The molecule has 9 heteroatoms. The monoisotopic (exact) mass is 446 g/mol. The molecular weight excluding hydrogens is 420 g/mol. The van der Waals surface area contributed by atoms with Gasteiger partial charge in [0.25, 0.3) is 0 Å². The first kappa shape index (κ1) is 21.3. The zero-order chi connectivity index (χ0) is 22.6.